The Kier molecular flexibility index (Phi) is 7.63. The molecule has 0 aliphatic carbocycles. The van der Waals surface area contributed by atoms with Gasteiger partial charge in [0.2, 0.25) is 0 Å². The fraction of sp³-hybridized carbons (Fsp3) is 0.222. The Morgan fingerprint density at radius 1 is 1.17 bits per heavy atom. The summed E-state index contributed by atoms with van der Waals surface area (Å²) in [6, 6.07) is 8.19. The number of hydrogen-bond donors (Lipinski definition) is 1. The summed E-state index contributed by atoms with van der Waals surface area (Å²) in [7, 11) is 1.35. The van der Waals surface area contributed by atoms with Gasteiger partial charge in [0.1, 0.15) is 11.5 Å². The number of nitrogens with zero attached hydrogens (tertiary/aromatic N) is 1. The molecule has 1 atom stereocenters. The molecule has 11 heteroatoms. The van der Waals surface area contributed by atoms with Gasteiger partial charge in [-0.1, -0.05) is 23.2 Å². The average Bonchev–Trinajstić information content (AvgIpc) is 2.67. The monoisotopic (exact) mass is 442 g/mol. The fourth-order valence-electron chi connectivity index (χ4n) is 2.16. The molecule has 0 radical (unpaired) electrons. The smallest absolute Gasteiger partial charge is 0.344 e. The average molecular weight is 443 g/mol. The number of non-ortho nitro benzene ring substituents is 1. The van der Waals surface area contributed by atoms with Gasteiger partial charge in [0.25, 0.3) is 11.6 Å². The Morgan fingerprint density at radius 3 is 2.48 bits per heavy atom. The number of halogens is 2. The van der Waals surface area contributed by atoms with E-state index in [2.05, 4.69) is 5.32 Å². The van der Waals surface area contributed by atoms with Crippen LogP contribution >= 0.6 is 23.2 Å². The predicted octanol–water partition coefficient (Wildman–Crippen LogP) is 3.86. The second kappa shape index (κ2) is 9.94. The minimum Gasteiger partial charge on any atom is -0.495 e. The molecule has 0 heterocycles. The topological polar surface area (TPSA) is 117 Å². The summed E-state index contributed by atoms with van der Waals surface area (Å²) in [4.78, 5) is 34.5. The van der Waals surface area contributed by atoms with Gasteiger partial charge < -0.3 is 19.5 Å². The van der Waals surface area contributed by atoms with E-state index in [1.807, 2.05) is 0 Å². The van der Waals surface area contributed by atoms with E-state index in [9.17, 15) is 19.7 Å². The first kappa shape index (κ1) is 22.3. The van der Waals surface area contributed by atoms with Crippen molar-refractivity contribution in [1.29, 1.82) is 0 Å². The largest absolute Gasteiger partial charge is 0.495 e. The van der Waals surface area contributed by atoms with E-state index >= 15 is 0 Å². The third-order valence-electron chi connectivity index (χ3n) is 3.57. The van der Waals surface area contributed by atoms with Crippen LogP contribution < -0.4 is 14.8 Å². The number of methoxy groups -OCH3 is 1. The van der Waals surface area contributed by atoms with E-state index in [0.29, 0.717) is 5.02 Å². The van der Waals surface area contributed by atoms with Gasteiger partial charge in [0, 0.05) is 17.2 Å². The Balaban J connectivity index is 1.95. The molecular weight excluding hydrogens is 427 g/mol. The lowest BCUT2D eigenvalue weighted by Gasteiger charge is -2.15. The normalized spacial score (nSPS) is 11.3. The number of benzene rings is 2. The standard InChI is InChI=1S/C18H16Cl2N2O7/c1-10(29-17(23)9-28-15-5-3-11(19)7-13(15)20)18(24)21-14-8-12(22(25)26)4-6-16(14)27-2/h3-8,10H,9H2,1-2H3,(H,21,24)/t10-/m0/s1. The molecular formula is C18H16Cl2N2O7. The molecule has 2 rings (SSSR count). The minimum atomic E-state index is -1.20. The summed E-state index contributed by atoms with van der Waals surface area (Å²) in [6.45, 7) is 0.853. The van der Waals surface area contributed by atoms with Gasteiger partial charge >= 0.3 is 5.97 Å². The van der Waals surface area contributed by atoms with Crippen molar-refractivity contribution in [2.75, 3.05) is 19.0 Å². The van der Waals surface area contributed by atoms with E-state index in [1.165, 1.54) is 44.4 Å². The van der Waals surface area contributed by atoms with Crippen LogP contribution in [0.2, 0.25) is 10.0 Å². The molecule has 0 aromatic heterocycles. The highest BCUT2D eigenvalue weighted by atomic mass is 35.5. The van der Waals surface area contributed by atoms with E-state index in [0.717, 1.165) is 6.07 Å². The Hall–Kier alpha value is -3.04. The Morgan fingerprint density at radius 2 is 1.86 bits per heavy atom. The number of rotatable bonds is 8. The third kappa shape index (κ3) is 6.23. The lowest BCUT2D eigenvalue weighted by Crippen LogP contribution is -2.31. The molecule has 0 unspecified atom stereocenters. The molecule has 2 aromatic rings. The zero-order valence-electron chi connectivity index (χ0n) is 15.3. The maximum Gasteiger partial charge on any atom is 0.344 e. The van der Waals surface area contributed by atoms with Crippen LogP contribution in [0.15, 0.2) is 36.4 Å². The van der Waals surface area contributed by atoms with Crippen LogP contribution in [0.5, 0.6) is 11.5 Å². The van der Waals surface area contributed by atoms with Crippen molar-refractivity contribution in [2.45, 2.75) is 13.0 Å². The second-order valence-electron chi connectivity index (χ2n) is 5.63. The number of amides is 1. The van der Waals surface area contributed by atoms with Crippen molar-refractivity contribution in [3.05, 3.63) is 56.6 Å². The summed E-state index contributed by atoms with van der Waals surface area (Å²) < 4.78 is 15.3. The number of esters is 1. The molecule has 29 heavy (non-hydrogen) atoms. The first-order valence-corrected chi connectivity index (χ1v) is 8.87. The SMILES string of the molecule is COc1ccc([N+](=O)[O-])cc1NC(=O)[C@H](C)OC(=O)COc1ccc(Cl)cc1Cl. The number of nitro groups is 1. The van der Waals surface area contributed by atoms with Crippen molar-refractivity contribution in [3.8, 4) is 11.5 Å². The summed E-state index contributed by atoms with van der Waals surface area (Å²) in [5, 5.41) is 14.0. The maximum atomic E-state index is 12.3. The van der Waals surface area contributed by atoms with Crippen LogP contribution in [-0.2, 0) is 14.3 Å². The zero-order chi connectivity index (χ0) is 21.6. The highest BCUT2D eigenvalue weighted by molar-refractivity contribution is 6.35. The number of anilines is 1. The molecule has 154 valence electrons. The van der Waals surface area contributed by atoms with Gasteiger partial charge in [-0.25, -0.2) is 4.79 Å². The Bertz CT molecular complexity index is 936. The number of ether oxygens (including phenoxy) is 3. The molecule has 0 aliphatic rings. The van der Waals surface area contributed by atoms with Crippen LogP contribution in [0, 0.1) is 10.1 Å². The molecule has 0 saturated heterocycles. The van der Waals surface area contributed by atoms with Crippen molar-refractivity contribution in [3.63, 3.8) is 0 Å². The van der Waals surface area contributed by atoms with Crippen molar-refractivity contribution >= 4 is 46.5 Å². The number of nitro benzene ring substituents is 1. The fourth-order valence-corrected chi connectivity index (χ4v) is 2.62. The predicted molar refractivity (Wildman–Crippen MR) is 106 cm³/mol. The van der Waals surface area contributed by atoms with E-state index in [4.69, 9.17) is 37.4 Å². The highest BCUT2D eigenvalue weighted by Gasteiger charge is 2.21. The number of hydrogen-bond acceptors (Lipinski definition) is 7. The quantitative estimate of drug-likeness (QED) is 0.374. The van der Waals surface area contributed by atoms with Gasteiger partial charge in [-0.2, -0.15) is 0 Å². The molecule has 0 fully saturated rings. The van der Waals surface area contributed by atoms with Crippen LogP contribution in [0.3, 0.4) is 0 Å². The van der Waals surface area contributed by atoms with Crippen molar-refractivity contribution in [1.82, 2.24) is 0 Å². The number of carbonyl (C=O) groups is 2. The molecule has 1 N–H and O–H groups in total. The van der Waals surface area contributed by atoms with Crippen molar-refractivity contribution < 1.29 is 28.7 Å². The zero-order valence-corrected chi connectivity index (χ0v) is 16.8. The van der Waals surface area contributed by atoms with Gasteiger partial charge in [0.05, 0.1) is 22.7 Å². The first-order valence-electron chi connectivity index (χ1n) is 8.12. The molecule has 0 spiro atoms. The van der Waals surface area contributed by atoms with Crippen LogP contribution in [0.25, 0.3) is 0 Å². The highest BCUT2D eigenvalue weighted by Crippen LogP contribution is 2.29. The van der Waals surface area contributed by atoms with E-state index in [1.54, 1.807) is 0 Å². The van der Waals surface area contributed by atoms with Crippen LogP contribution in [0.4, 0.5) is 11.4 Å². The Labute approximate surface area is 175 Å². The van der Waals surface area contributed by atoms with E-state index in [-0.39, 0.29) is 27.9 Å². The van der Waals surface area contributed by atoms with Gasteiger partial charge in [-0.05, 0) is 31.2 Å². The van der Waals surface area contributed by atoms with Gasteiger partial charge in [0.15, 0.2) is 12.7 Å². The summed E-state index contributed by atoms with van der Waals surface area (Å²) in [5.74, 6) is -1.08. The third-order valence-corrected chi connectivity index (χ3v) is 4.10. The number of carbonyl (C=O) groups excluding carboxylic acids is 2. The number of nitrogens with one attached hydrogen (secondary N) is 1. The lowest BCUT2D eigenvalue weighted by atomic mass is 10.2. The van der Waals surface area contributed by atoms with Gasteiger partial charge in [-0.3, -0.25) is 14.9 Å². The van der Waals surface area contributed by atoms with Crippen LogP contribution in [0.1, 0.15) is 6.92 Å². The summed E-state index contributed by atoms with van der Waals surface area (Å²) in [6.07, 6.45) is -1.20. The first-order chi connectivity index (χ1) is 13.7. The molecule has 2 aromatic carbocycles. The molecule has 0 bridgehead atoms. The maximum absolute atomic E-state index is 12.3. The minimum absolute atomic E-state index is 0.0683. The van der Waals surface area contributed by atoms with Crippen molar-refractivity contribution in [2.24, 2.45) is 0 Å². The summed E-state index contributed by atoms with van der Waals surface area (Å²) in [5.41, 5.74) is -0.169. The van der Waals surface area contributed by atoms with Gasteiger partial charge in [-0.15, -0.1) is 0 Å². The molecule has 0 aliphatic heterocycles. The van der Waals surface area contributed by atoms with Crippen LogP contribution in [-0.4, -0.2) is 36.6 Å². The molecule has 9 nitrogen and oxygen atoms in total. The van der Waals surface area contributed by atoms with E-state index < -0.39 is 29.5 Å². The lowest BCUT2D eigenvalue weighted by molar-refractivity contribution is -0.384. The molecule has 0 saturated carbocycles. The second-order valence-corrected chi connectivity index (χ2v) is 6.47. The summed E-state index contributed by atoms with van der Waals surface area (Å²) >= 11 is 11.7. The molecule has 1 amide bonds.